The number of hydrogen-bond donors (Lipinski definition) is 1. The highest BCUT2D eigenvalue weighted by molar-refractivity contribution is 9.10. The third kappa shape index (κ3) is 8.95. The SMILES string of the molecule is CCCNC(=O)[C@H](Cc1ccccc1)N(Cc1cccc(OC)c1)C(=O)CN(c1cccc(Br)c1)S(=O)(=O)c1ccc(C)cc1. The summed E-state index contributed by atoms with van der Waals surface area (Å²) in [7, 11) is -2.61. The molecule has 4 aromatic carbocycles. The minimum atomic E-state index is -4.17. The molecule has 0 saturated carbocycles. The number of sulfonamides is 1. The molecule has 0 bridgehead atoms. The van der Waals surface area contributed by atoms with Gasteiger partial charge in [-0.05, 0) is 66.9 Å². The Morgan fingerprint density at radius 3 is 2.24 bits per heavy atom. The van der Waals surface area contributed by atoms with Crippen molar-refractivity contribution in [3.8, 4) is 5.75 Å². The molecule has 45 heavy (non-hydrogen) atoms. The number of methoxy groups -OCH3 is 1. The van der Waals surface area contributed by atoms with Crippen LogP contribution in [-0.4, -0.2) is 51.4 Å². The Morgan fingerprint density at radius 1 is 0.889 bits per heavy atom. The molecular weight excluding hydrogens is 654 g/mol. The van der Waals surface area contributed by atoms with Gasteiger partial charge in [0.2, 0.25) is 11.8 Å². The largest absolute Gasteiger partial charge is 0.497 e. The van der Waals surface area contributed by atoms with Gasteiger partial charge in [-0.15, -0.1) is 0 Å². The van der Waals surface area contributed by atoms with Gasteiger partial charge in [0.15, 0.2) is 0 Å². The number of nitrogens with zero attached hydrogens (tertiary/aromatic N) is 2. The molecule has 0 unspecified atom stereocenters. The topological polar surface area (TPSA) is 96.0 Å². The van der Waals surface area contributed by atoms with Crippen molar-refractivity contribution < 1.29 is 22.7 Å². The summed E-state index contributed by atoms with van der Waals surface area (Å²) in [6.45, 7) is 3.81. The third-order valence-corrected chi connectivity index (χ3v) is 9.57. The van der Waals surface area contributed by atoms with E-state index in [4.69, 9.17) is 4.74 Å². The highest BCUT2D eigenvalue weighted by atomic mass is 79.9. The van der Waals surface area contributed by atoms with Crippen molar-refractivity contribution in [1.82, 2.24) is 10.2 Å². The van der Waals surface area contributed by atoms with Crippen LogP contribution < -0.4 is 14.4 Å². The Kier molecular flexibility index (Phi) is 11.8. The lowest BCUT2D eigenvalue weighted by Crippen LogP contribution is -2.53. The molecule has 0 saturated heterocycles. The third-order valence-electron chi connectivity index (χ3n) is 7.29. The molecule has 2 amide bonds. The van der Waals surface area contributed by atoms with Crippen LogP contribution in [0.3, 0.4) is 0 Å². The van der Waals surface area contributed by atoms with Crippen molar-refractivity contribution in [2.24, 2.45) is 0 Å². The molecular formula is C35H38BrN3O5S. The van der Waals surface area contributed by atoms with Crippen LogP contribution in [0, 0.1) is 6.92 Å². The molecule has 0 aromatic heterocycles. The normalized spacial score (nSPS) is 11.8. The van der Waals surface area contributed by atoms with Gasteiger partial charge >= 0.3 is 0 Å². The summed E-state index contributed by atoms with van der Waals surface area (Å²) in [4.78, 5) is 29.8. The van der Waals surface area contributed by atoms with Crippen molar-refractivity contribution in [2.45, 2.75) is 44.2 Å². The Hall–Kier alpha value is -4.15. The first-order chi connectivity index (χ1) is 21.6. The minimum absolute atomic E-state index is 0.0572. The molecule has 0 spiro atoms. The average molecular weight is 693 g/mol. The summed E-state index contributed by atoms with van der Waals surface area (Å²) >= 11 is 3.44. The summed E-state index contributed by atoms with van der Waals surface area (Å²) < 4.78 is 35.4. The summed E-state index contributed by atoms with van der Waals surface area (Å²) in [5, 5.41) is 2.95. The van der Waals surface area contributed by atoms with E-state index in [1.165, 1.54) is 17.0 Å². The number of anilines is 1. The smallest absolute Gasteiger partial charge is 0.264 e. The van der Waals surface area contributed by atoms with Crippen LogP contribution in [0.5, 0.6) is 5.75 Å². The molecule has 4 aromatic rings. The predicted molar refractivity (Wildman–Crippen MR) is 181 cm³/mol. The summed E-state index contributed by atoms with van der Waals surface area (Å²) in [5.41, 5.74) is 2.83. The van der Waals surface area contributed by atoms with E-state index < -0.39 is 28.5 Å². The maximum Gasteiger partial charge on any atom is 0.264 e. The summed E-state index contributed by atoms with van der Waals surface area (Å²) in [6.07, 6.45) is 0.965. The number of halogens is 1. The van der Waals surface area contributed by atoms with Crippen LogP contribution in [0.15, 0.2) is 112 Å². The van der Waals surface area contributed by atoms with Gasteiger partial charge in [-0.1, -0.05) is 89.1 Å². The van der Waals surface area contributed by atoms with E-state index in [1.54, 1.807) is 55.6 Å². The van der Waals surface area contributed by atoms with Crippen LogP contribution in [-0.2, 0) is 32.6 Å². The lowest BCUT2D eigenvalue weighted by atomic mass is 10.0. The maximum absolute atomic E-state index is 14.5. The highest BCUT2D eigenvalue weighted by Gasteiger charge is 2.34. The lowest BCUT2D eigenvalue weighted by molar-refractivity contribution is -0.140. The van der Waals surface area contributed by atoms with Gasteiger partial charge in [0.25, 0.3) is 10.0 Å². The second-order valence-corrected chi connectivity index (χ2v) is 13.5. The Labute approximate surface area is 274 Å². The van der Waals surface area contributed by atoms with Crippen LogP contribution in [0.25, 0.3) is 0 Å². The Bertz CT molecular complexity index is 1700. The molecule has 0 radical (unpaired) electrons. The number of ether oxygens (including phenoxy) is 1. The lowest BCUT2D eigenvalue weighted by Gasteiger charge is -2.34. The summed E-state index contributed by atoms with van der Waals surface area (Å²) in [6, 6.07) is 29.1. The minimum Gasteiger partial charge on any atom is -0.497 e. The zero-order valence-electron chi connectivity index (χ0n) is 25.6. The van der Waals surface area contributed by atoms with Crippen LogP contribution >= 0.6 is 15.9 Å². The van der Waals surface area contributed by atoms with E-state index in [-0.39, 0.29) is 23.8 Å². The zero-order valence-corrected chi connectivity index (χ0v) is 28.1. The first kappa shape index (κ1) is 33.7. The number of hydrogen-bond acceptors (Lipinski definition) is 5. The molecule has 236 valence electrons. The fourth-order valence-electron chi connectivity index (χ4n) is 4.88. The molecule has 0 fully saturated rings. The molecule has 0 aliphatic heterocycles. The van der Waals surface area contributed by atoms with E-state index in [1.807, 2.05) is 56.3 Å². The molecule has 1 N–H and O–H groups in total. The van der Waals surface area contributed by atoms with Crippen molar-refractivity contribution in [3.05, 3.63) is 124 Å². The van der Waals surface area contributed by atoms with Crippen molar-refractivity contribution in [2.75, 3.05) is 24.5 Å². The molecule has 0 heterocycles. The van der Waals surface area contributed by atoms with Crippen LogP contribution in [0.1, 0.15) is 30.0 Å². The first-order valence-corrected chi connectivity index (χ1v) is 16.9. The number of amides is 2. The Morgan fingerprint density at radius 2 is 1.58 bits per heavy atom. The van der Waals surface area contributed by atoms with E-state index in [9.17, 15) is 18.0 Å². The maximum atomic E-state index is 14.5. The van der Waals surface area contributed by atoms with Crippen molar-refractivity contribution in [3.63, 3.8) is 0 Å². The van der Waals surface area contributed by atoms with Gasteiger partial charge in [-0.2, -0.15) is 0 Å². The van der Waals surface area contributed by atoms with E-state index in [0.717, 1.165) is 27.4 Å². The van der Waals surface area contributed by atoms with Crippen molar-refractivity contribution >= 4 is 43.5 Å². The summed E-state index contributed by atoms with van der Waals surface area (Å²) in [5.74, 6) is -0.235. The number of benzene rings is 4. The Balaban J connectivity index is 1.80. The van der Waals surface area contributed by atoms with Gasteiger partial charge in [0, 0.05) is 24.0 Å². The van der Waals surface area contributed by atoms with Gasteiger partial charge in [0.1, 0.15) is 18.3 Å². The van der Waals surface area contributed by atoms with Crippen LogP contribution in [0.4, 0.5) is 5.69 Å². The van der Waals surface area contributed by atoms with Gasteiger partial charge in [-0.3, -0.25) is 13.9 Å². The first-order valence-electron chi connectivity index (χ1n) is 14.7. The second kappa shape index (κ2) is 15.7. The number of rotatable bonds is 14. The van der Waals surface area contributed by atoms with Crippen LogP contribution in [0.2, 0.25) is 0 Å². The number of aryl methyl sites for hydroxylation is 1. The standard InChI is InChI=1S/C35H38BrN3O5S/c1-4-20-37-35(41)33(22-27-10-6-5-7-11-27)38(24-28-12-8-15-31(21-28)44-3)34(40)25-39(30-14-9-13-29(36)23-30)45(42,43)32-18-16-26(2)17-19-32/h5-19,21,23,33H,4,20,22,24-25H2,1-3H3,(H,37,41)/t33-/m0/s1. The van der Waals surface area contributed by atoms with Gasteiger partial charge in [0.05, 0.1) is 17.7 Å². The fourth-order valence-corrected chi connectivity index (χ4v) is 6.68. The molecule has 4 rings (SSSR count). The highest BCUT2D eigenvalue weighted by Crippen LogP contribution is 2.28. The molecule has 8 nitrogen and oxygen atoms in total. The van der Waals surface area contributed by atoms with E-state index >= 15 is 0 Å². The number of carbonyl (C=O) groups is 2. The molecule has 1 atom stereocenters. The van der Waals surface area contributed by atoms with E-state index in [2.05, 4.69) is 21.2 Å². The second-order valence-electron chi connectivity index (χ2n) is 10.7. The predicted octanol–water partition coefficient (Wildman–Crippen LogP) is 6.13. The quantitative estimate of drug-likeness (QED) is 0.172. The molecule has 0 aliphatic rings. The fraction of sp³-hybridized carbons (Fsp3) is 0.257. The van der Waals surface area contributed by atoms with E-state index in [0.29, 0.717) is 22.5 Å². The molecule has 10 heteroatoms. The number of carbonyl (C=O) groups excluding carboxylic acids is 2. The zero-order chi connectivity index (χ0) is 32.4. The van der Waals surface area contributed by atoms with Crippen molar-refractivity contribution in [1.29, 1.82) is 0 Å². The van der Waals surface area contributed by atoms with Gasteiger partial charge in [-0.25, -0.2) is 8.42 Å². The average Bonchev–Trinajstić information content (AvgIpc) is 3.04. The molecule has 0 aliphatic carbocycles. The monoisotopic (exact) mass is 691 g/mol. The number of nitrogens with one attached hydrogen (secondary N) is 1. The van der Waals surface area contributed by atoms with Gasteiger partial charge < -0.3 is 15.0 Å².